The number of nitrogens with one attached hydrogen (secondary N) is 1. The van der Waals surface area contributed by atoms with E-state index in [9.17, 15) is 14.4 Å². The van der Waals surface area contributed by atoms with Gasteiger partial charge >= 0.3 is 11.9 Å². The van der Waals surface area contributed by atoms with E-state index in [1.54, 1.807) is 6.92 Å². The van der Waals surface area contributed by atoms with Crippen LogP contribution in [0, 0.1) is 5.92 Å². The van der Waals surface area contributed by atoms with Gasteiger partial charge in [-0.3, -0.25) is 14.5 Å². The Bertz CT molecular complexity index is 760. The third-order valence-electron chi connectivity index (χ3n) is 5.56. The van der Waals surface area contributed by atoms with Crippen LogP contribution in [0.3, 0.4) is 0 Å². The minimum atomic E-state index is -0.389. The maximum atomic E-state index is 12.7. The van der Waals surface area contributed by atoms with Crippen LogP contribution in [0.15, 0.2) is 0 Å². The molecule has 1 N–H and O–H groups in total. The van der Waals surface area contributed by atoms with Crippen molar-refractivity contribution in [1.29, 1.82) is 0 Å². The Labute approximate surface area is 175 Å². The van der Waals surface area contributed by atoms with E-state index in [1.807, 2.05) is 4.90 Å². The monoisotopic (exact) mass is 422 g/mol. The van der Waals surface area contributed by atoms with Crippen molar-refractivity contribution in [2.24, 2.45) is 5.92 Å². The number of piperidine rings is 1. The van der Waals surface area contributed by atoms with Gasteiger partial charge in [0.05, 0.1) is 31.7 Å². The molecule has 1 aliphatic carbocycles. The minimum absolute atomic E-state index is 0.170. The molecule has 0 bridgehead atoms. The first-order valence-corrected chi connectivity index (χ1v) is 11.3. The summed E-state index contributed by atoms with van der Waals surface area (Å²) in [4.78, 5) is 40.3. The zero-order valence-corrected chi connectivity index (χ0v) is 18.1. The van der Waals surface area contributed by atoms with E-state index in [-0.39, 0.29) is 30.3 Å². The van der Waals surface area contributed by atoms with E-state index in [0.717, 1.165) is 57.1 Å². The lowest BCUT2D eigenvalue weighted by molar-refractivity contribution is -0.150. The molecule has 2 aliphatic rings. The number of carbonyl (C=O) groups excluding carboxylic acids is 3. The van der Waals surface area contributed by atoms with E-state index in [4.69, 9.17) is 9.47 Å². The normalized spacial score (nSPS) is 19.7. The van der Waals surface area contributed by atoms with Crippen LogP contribution in [0.5, 0.6) is 0 Å². The van der Waals surface area contributed by atoms with Crippen LogP contribution in [0.1, 0.15) is 59.8 Å². The number of fused-ring (bicyclic) bond motifs is 1. The van der Waals surface area contributed by atoms with Crippen molar-refractivity contribution in [2.45, 2.75) is 51.9 Å². The number of methoxy groups -OCH3 is 1. The quantitative estimate of drug-likeness (QED) is 0.560. The van der Waals surface area contributed by atoms with Gasteiger partial charge in [0.2, 0.25) is 5.91 Å². The Morgan fingerprint density at radius 3 is 2.72 bits per heavy atom. The molecule has 0 radical (unpaired) electrons. The van der Waals surface area contributed by atoms with Crippen molar-refractivity contribution in [1.82, 2.24) is 4.90 Å². The molecule has 0 spiro atoms. The number of hydrogen-bond donors (Lipinski definition) is 1. The Hall–Kier alpha value is -1.93. The molecule has 1 aromatic rings. The molecule has 1 amide bonds. The summed E-state index contributed by atoms with van der Waals surface area (Å²) in [6, 6.07) is 0. The number of esters is 2. The molecule has 3 rings (SSSR count). The molecule has 1 aromatic heterocycles. The summed E-state index contributed by atoms with van der Waals surface area (Å²) in [5.41, 5.74) is 1.56. The largest absolute Gasteiger partial charge is 0.466 e. The first-order valence-electron chi connectivity index (χ1n) is 10.4. The van der Waals surface area contributed by atoms with Gasteiger partial charge < -0.3 is 14.8 Å². The van der Waals surface area contributed by atoms with Crippen LogP contribution in [0.25, 0.3) is 0 Å². The number of ether oxygens (including phenoxy) is 2. The van der Waals surface area contributed by atoms with Crippen LogP contribution in [0.2, 0.25) is 0 Å². The fourth-order valence-electron chi connectivity index (χ4n) is 4.17. The van der Waals surface area contributed by atoms with E-state index in [1.165, 1.54) is 23.3 Å². The molecule has 0 unspecified atom stereocenters. The molecule has 1 aliphatic heterocycles. The average molecular weight is 423 g/mol. The van der Waals surface area contributed by atoms with Gasteiger partial charge in [0, 0.05) is 11.4 Å². The Morgan fingerprint density at radius 2 is 1.97 bits per heavy atom. The topological polar surface area (TPSA) is 84.9 Å². The molecule has 160 valence electrons. The summed E-state index contributed by atoms with van der Waals surface area (Å²) in [6.45, 7) is 3.66. The first-order chi connectivity index (χ1) is 14.0. The Morgan fingerprint density at radius 1 is 1.17 bits per heavy atom. The van der Waals surface area contributed by atoms with Gasteiger partial charge in [0.15, 0.2) is 0 Å². The summed E-state index contributed by atoms with van der Waals surface area (Å²) in [7, 11) is 1.37. The number of thiophene rings is 1. The van der Waals surface area contributed by atoms with Gasteiger partial charge in [-0.2, -0.15) is 0 Å². The second-order valence-corrected chi connectivity index (χ2v) is 8.74. The number of amides is 1. The lowest BCUT2D eigenvalue weighted by atomic mass is 9.98. The third kappa shape index (κ3) is 5.36. The number of anilines is 1. The van der Waals surface area contributed by atoms with Crippen molar-refractivity contribution in [3.63, 3.8) is 0 Å². The molecule has 8 heteroatoms. The predicted molar refractivity (Wildman–Crippen MR) is 111 cm³/mol. The minimum Gasteiger partial charge on any atom is -0.466 e. The van der Waals surface area contributed by atoms with E-state index >= 15 is 0 Å². The van der Waals surface area contributed by atoms with Gasteiger partial charge in [-0.05, 0) is 57.6 Å². The van der Waals surface area contributed by atoms with Crippen molar-refractivity contribution in [3.05, 3.63) is 16.0 Å². The number of carbonyl (C=O) groups is 3. The van der Waals surface area contributed by atoms with Crippen LogP contribution in [0.4, 0.5) is 5.00 Å². The standard InChI is InChI=1S/C21H30N2O5S/c1-3-28-20(25)14-8-7-11-23(12-14)13-17(24)22-19-18(21(26)27-2)15-9-5-4-6-10-16(15)29-19/h14H,3-13H2,1-2H3,(H,22,24)/t14-/m0/s1. The summed E-state index contributed by atoms with van der Waals surface area (Å²) >= 11 is 1.50. The summed E-state index contributed by atoms with van der Waals surface area (Å²) in [5.74, 6) is -0.927. The molecule has 7 nitrogen and oxygen atoms in total. The highest BCUT2D eigenvalue weighted by Gasteiger charge is 2.29. The van der Waals surface area contributed by atoms with Gasteiger partial charge in [-0.15, -0.1) is 11.3 Å². The Kier molecular flexibility index (Phi) is 7.66. The second-order valence-electron chi connectivity index (χ2n) is 7.63. The number of hydrogen-bond acceptors (Lipinski definition) is 7. The fourth-order valence-corrected chi connectivity index (χ4v) is 5.46. The van der Waals surface area contributed by atoms with E-state index in [2.05, 4.69) is 5.32 Å². The van der Waals surface area contributed by atoms with Crippen molar-refractivity contribution in [2.75, 3.05) is 38.7 Å². The lowest BCUT2D eigenvalue weighted by Gasteiger charge is -2.30. The SMILES string of the molecule is CCOC(=O)[C@H]1CCCN(CC(=O)Nc2sc3c(c2C(=O)OC)CCCCC3)C1. The number of likely N-dealkylation sites (tertiary alicyclic amines) is 1. The van der Waals surface area contributed by atoms with Gasteiger partial charge in [-0.25, -0.2) is 4.79 Å². The van der Waals surface area contributed by atoms with E-state index < -0.39 is 0 Å². The van der Waals surface area contributed by atoms with E-state index in [0.29, 0.717) is 23.7 Å². The molecule has 2 heterocycles. The summed E-state index contributed by atoms with van der Waals surface area (Å²) in [6.07, 6.45) is 6.74. The smallest absolute Gasteiger partial charge is 0.341 e. The fraction of sp³-hybridized carbons (Fsp3) is 0.667. The summed E-state index contributed by atoms with van der Waals surface area (Å²) in [5, 5.41) is 3.53. The molecule has 0 aromatic carbocycles. The molecule has 29 heavy (non-hydrogen) atoms. The highest BCUT2D eigenvalue weighted by molar-refractivity contribution is 7.17. The lowest BCUT2D eigenvalue weighted by Crippen LogP contribution is -2.43. The van der Waals surface area contributed by atoms with Crippen molar-refractivity contribution in [3.8, 4) is 0 Å². The predicted octanol–water partition coefficient (Wildman–Crippen LogP) is 3.02. The Balaban J connectivity index is 1.67. The van der Waals surface area contributed by atoms with Crippen molar-refractivity contribution >= 4 is 34.2 Å². The van der Waals surface area contributed by atoms with Gasteiger partial charge in [-0.1, -0.05) is 6.42 Å². The van der Waals surface area contributed by atoms with Gasteiger partial charge in [0.1, 0.15) is 5.00 Å². The van der Waals surface area contributed by atoms with Gasteiger partial charge in [0.25, 0.3) is 0 Å². The zero-order chi connectivity index (χ0) is 20.8. The molecule has 1 fully saturated rings. The molecular formula is C21H30N2O5S. The highest BCUT2D eigenvalue weighted by Crippen LogP contribution is 2.38. The number of aryl methyl sites for hydroxylation is 1. The zero-order valence-electron chi connectivity index (χ0n) is 17.3. The van der Waals surface area contributed by atoms with Crippen LogP contribution in [-0.4, -0.2) is 56.1 Å². The molecule has 1 atom stereocenters. The molecular weight excluding hydrogens is 392 g/mol. The number of nitrogens with zero attached hydrogens (tertiary/aromatic N) is 1. The maximum Gasteiger partial charge on any atom is 0.341 e. The molecule has 1 saturated heterocycles. The van der Waals surface area contributed by atoms with Crippen LogP contribution < -0.4 is 5.32 Å². The molecule has 0 saturated carbocycles. The van der Waals surface area contributed by atoms with Crippen molar-refractivity contribution < 1.29 is 23.9 Å². The maximum absolute atomic E-state index is 12.7. The third-order valence-corrected chi connectivity index (χ3v) is 6.76. The van der Waals surface area contributed by atoms with Crippen LogP contribution in [-0.2, 0) is 31.9 Å². The number of rotatable bonds is 6. The average Bonchev–Trinajstić information content (AvgIpc) is 2.88. The highest BCUT2D eigenvalue weighted by atomic mass is 32.1. The first kappa shape index (κ1) is 21.8. The second kappa shape index (κ2) is 10.2. The van der Waals surface area contributed by atoms with Crippen LogP contribution >= 0.6 is 11.3 Å². The summed E-state index contributed by atoms with van der Waals surface area (Å²) < 4.78 is 10.1.